The van der Waals surface area contributed by atoms with Crippen LogP contribution in [-0.2, 0) is 57.5 Å². The first-order valence-corrected chi connectivity index (χ1v) is 20.6. The van der Waals surface area contributed by atoms with Gasteiger partial charge >= 0.3 is 5.97 Å². The number of benzene rings is 3. The number of esters is 1. The number of carbonyl (C=O) groups excluding carboxylic acids is 1. The smallest absolute Gasteiger partial charge is 0.337 e. The van der Waals surface area contributed by atoms with Crippen LogP contribution >= 0.6 is 47.9 Å². The lowest BCUT2D eigenvalue weighted by Gasteiger charge is -2.48. The molecule has 0 bridgehead atoms. The highest BCUT2D eigenvalue weighted by Crippen LogP contribution is 2.48. The predicted molar refractivity (Wildman–Crippen MR) is 213 cm³/mol. The monoisotopic (exact) mass is 817 g/mol. The van der Waals surface area contributed by atoms with E-state index in [1.165, 1.54) is 56.2 Å². The van der Waals surface area contributed by atoms with Crippen molar-refractivity contribution >= 4 is 77.5 Å². The van der Waals surface area contributed by atoms with Crippen LogP contribution in [0.3, 0.4) is 0 Å². The number of rotatable bonds is 4. The number of hydrogen-bond donors (Lipinski definition) is 2. The maximum atomic E-state index is 11.0. The molecule has 10 heteroatoms. The first-order chi connectivity index (χ1) is 21.9. The minimum atomic E-state index is -0.295. The van der Waals surface area contributed by atoms with Gasteiger partial charge in [-0.1, -0.05) is 137 Å². The second kappa shape index (κ2) is 28.1. The van der Waals surface area contributed by atoms with Crippen molar-refractivity contribution < 1.29 is 14.6 Å². The molecule has 250 valence electrons. The van der Waals surface area contributed by atoms with E-state index in [-0.39, 0.29) is 12.6 Å². The van der Waals surface area contributed by atoms with E-state index in [2.05, 4.69) is 108 Å². The summed E-state index contributed by atoms with van der Waals surface area (Å²) in [5, 5.41) is 13.8. The molecule has 0 aromatic heterocycles. The zero-order valence-corrected chi connectivity index (χ0v) is 34.6. The molecule has 4 nitrogen and oxygen atoms in total. The number of ether oxygens (including phenoxy) is 1. The van der Waals surface area contributed by atoms with Gasteiger partial charge in [-0.15, -0.1) is 0 Å². The molecule has 0 radical (unpaired) electrons. The third-order valence-electron chi connectivity index (χ3n) is 7.15. The molecular formula is C35H51Br2NO3P2S2. The summed E-state index contributed by atoms with van der Waals surface area (Å²) in [5.41, 5.74) is 10.7. The van der Waals surface area contributed by atoms with E-state index in [4.69, 9.17) is 5.11 Å². The Balaban J connectivity index is 0. The van der Waals surface area contributed by atoms with Crippen molar-refractivity contribution in [2.45, 2.75) is 83.5 Å². The number of carbonyl (C=O) groups is 1. The maximum Gasteiger partial charge on any atom is 0.337 e. The van der Waals surface area contributed by atoms with E-state index in [0.717, 1.165) is 21.8 Å². The molecular weight excluding hydrogens is 768 g/mol. The Hall–Kier alpha value is -0.950. The van der Waals surface area contributed by atoms with Gasteiger partial charge in [0.15, 0.2) is 0 Å². The summed E-state index contributed by atoms with van der Waals surface area (Å²) in [7, 11) is 6.49. The number of fused-ring (bicyclic) bond motifs is 2. The van der Waals surface area contributed by atoms with Crippen molar-refractivity contribution in [1.82, 2.24) is 5.32 Å². The number of aliphatic hydroxyl groups excluding tert-OH is 1. The second-order valence-corrected chi connectivity index (χ2v) is 10.9. The quantitative estimate of drug-likeness (QED) is 0.155. The number of aryl methyl sites for hydroxylation is 2. The molecule has 3 aromatic carbocycles. The summed E-state index contributed by atoms with van der Waals surface area (Å²) in [4.78, 5) is 11.0. The van der Waals surface area contributed by atoms with Gasteiger partial charge in [-0.05, 0) is 108 Å². The highest BCUT2D eigenvalue weighted by molar-refractivity contribution is 9.08. The van der Waals surface area contributed by atoms with Crippen LogP contribution in [0.1, 0.15) is 89.8 Å². The van der Waals surface area contributed by atoms with Crippen LogP contribution in [0.5, 0.6) is 0 Å². The topological polar surface area (TPSA) is 58.6 Å². The van der Waals surface area contributed by atoms with Gasteiger partial charge < -0.3 is 15.2 Å². The van der Waals surface area contributed by atoms with Gasteiger partial charge in [-0.3, -0.25) is 0 Å². The first-order valence-electron chi connectivity index (χ1n) is 15.1. The lowest BCUT2D eigenvalue weighted by molar-refractivity contribution is 0.0600. The first kappa shape index (κ1) is 46.2. The van der Waals surface area contributed by atoms with E-state index >= 15 is 0 Å². The third kappa shape index (κ3) is 15.7. The van der Waals surface area contributed by atoms with E-state index in [1.54, 1.807) is 23.3 Å². The van der Waals surface area contributed by atoms with Crippen LogP contribution in [0.4, 0.5) is 0 Å². The normalized spacial score (nSPS) is 12.6. The summed E-state index contributed by atoms with van der Waals surface area (Å²) in [6, 6.07) is 19.9. The van der Waals surface area contributed by atoms with Gasteiger partial charge in [0.25, 0.3) is 0 Å². The van der Waals surface area contributed by atoms with Gasteiger partial charge in [-0.25, -0.2) is 4.79 Å². The average Bonchev–Trinajstić information content (AvgIpc) is 3.13. The molecule has 1 aliphatic heterocycles. The summed E-state index contributed by atoms with van der Waals surface area (Å²) < 4.78 is 4.56. The minimum absolute atomic E-state index is 0.128. The number of nitrogens with one attached hydrogen (secondary N) is 1. The van der Waals surface area contributed by atoms with Crippen LogP contribution in [-0.4, -0.2) is 31.3 Å². The zero-order chi connectivity index (χ0) is 34.8. The molecule has 0 saturated carbocycles. The van der Waals surface area contributed by atoms with E-state index in [0.29, 0.717) is 11.0 Å². The van der Waals surface area contributed by atoms with E-state index < -0.39 is 0 Å². The molecule has 0 amide bonds. The maximum absolute atomic E-state index is 11.0. The van der Waals surface area contributed by atoms with E-state index in [1.807, 2.05) is 64.1 Å². The zero-order valence-electron chi connectivity index (χ0n) is 27.8. The van der Waals surface area contributed by atoms with Crippen molar-refractivity contribution in [2.24, 2.45) is 0 Å². The summed E-state index contributed by atoms with van der Waals surface area (Å²) in [6.45, 7) is 15.0. The van der Waals surface area contributed by atoms with Crippen LogP contribution in [0.15, 0.2) is 60.7 Å². The van der Waals surface area contributed by atoms with Crippen LogP contribution in [0.25, 0.3) is 0 Å². The van der Waals surface area contributed by atoms with Crippen molar-refractivity contribution in [3.05, 3.63) is 105 Å². The Labute approximate surface area is 304 Å². The second-order valence-electron chi connectivity index (χ2n) is 9.75. The van der Waals surface area contributed by atoms with Crippen LogP contribution < -0.4 is 5.32 Å². The van der Waals surface area contributed by atoms with E-state index in [9.17, 15) is 4.79 Å². The Bertz CT molecular complexity index is 1190. The molecule has 1 aliphatic carbocycles. The van der Waals surface area contributed by atoms with Crippen molar-refractivity contribution in [3.63, 3.8) is 0 Å². The van der Waals surface area contributed by atoms with Gasteiger partial charge in [0, 0.05) is 16.1 Å². The Morgan fingerprint density at radius 2 is 1.29 bits per heavy atom. The minimum Gasteiger partial charge on any atom is -0.465 e. The van der Waals surface area contributed by atoms with Crippen molar-refractivity contribution in [1.29, 1.82) is 0 Å². The predicted octanol–water partition coefficient (Wildman–Crippen LogP) is 10.2. The van der Waals surface area contributed by atoms with Gasteiger partial charge in [0.05, 0.1) is 19.3 Å². The van der Waals surface area contributed by atoms with Crippen molar-refractivity contribution in [3.8, 4) is 0 Å². The lowest BCUT2D eigenvalue weighted by Crippen LogP contribution is -2.47. The molecule has 2 aliphatic rings. The molecule has 1 fully saturated rings. The number of methoxy groups -OCH3 is 1. The number of alkyl halides is 2. The van der Waals surface area contributed by atoms with Gasteiger partial charge in [0.1, 0.15) is 0 Å². The fraction of sp³-hybridized carbons (Fsp3) is 0.457. The molecule has 0 unspecified atom stereocenters. The fourth-order valence-electron chi connectivity index (χ4n) is 4.97. The largest absolute Gasteiger partial charge is 0.465 e. The molecule has 2 N–H and O–H groups in total. The summed E-state index contributed by atoms with van der Waals surface area (Å²) in [5.74, 6) is -0.295. The highest BCUT2D eigenvalue weighted by Gasteiger charge is 2.43. The fourth-order valence-corrected chi connectivity index (χ4v) is 5.71. The lowest BCUT2D eigenvalue weighted by atomic mass is 9.58. The summed E-state index contributed by atoms with van der Waals surface area (Å²) >= 11 is 14.4. The highest BCUT2D eigenvalue weighted by atomic mass is 79.9. The van der Waals surface area contributed by atoms with Crippen LogP contribution in [0, 0.1) is 13.8 Å². The number of piperidine rings is 1. The molecule has 1 spiro atoms. The number of hydrogen-bond acceptors (Lipinski definition) is 6. The Kier molecular flexibility index (Phi) is 28.8. The van der Waals surface area contributed by atoms with Gasteiger partial charge in [0.2, 0.25) is 0 Å². The molecule has 0 atom stereocenters. The molecule has 5 rings (SSSR count). The molecule has 1 saturated heterocycles. The molecule has 3 aromatic rings. The molecule has 1 heterocycles. The summed E-state index contributed by atoms with van der Waals surface area (Å²) in [6.07, 6.45) is 4.00. The number of aliphatic hydroxyl groups is 1. The molecule has 45 heavy (non-hydrogen) atoms. The third-order valence-corrected chi connectivity index (χ3v) is 8.45. The van der Waals surface area contributed by atoms with Crippen molar-refractivity contribution in [2.75, 3.05) is 20.2 Å². The Morgan fingerprint density at radius 3 is 1.71 bits per heavy atom. The Morgan fingerprint density at radius 1 is 0.844 bits per heavy atom. The van der Waals surface area contributed by atoms with Crippen LogP contribution in [0.2, 0.25) is 0 Å². The SMILES string of the molecule is CC.CC.COC(=O)c1ccc(CBr)cc1.Cc1cc(C)c2c(c1)C1(CCNCC1)C2.OCc1ccc(CBr)cc1.P=S.P=S. The standard InChI is InChI=1S/C14H19N.C9H9BrO2.C8H9BrO.2C2H6.2HPS/c1-10-7-11(2)12-9-14(13(12)8-10)3-5-15-6-4-14;1-12-9(11)8-4-2-7(6-10)3-5-8;9-5-7-1-3-8(6-10)4-2-7;4*1-2/h7-8,15H,3-6,9H2,1-2H3;2-5H,6H2,1H3;1-4,10H,5-6H2;2*1-2H3;2*1H. The number of halogens is 2. The average molecular weight is 820 g/mol. The van der Waals surface area contributed by atoms with Gasteiger partial charge in [-0.2, -0.15) is 0 Å².